The van der Waals surface area contributed by atoms with Crippen molar-refractivity contribution in [1.82, 2.24) is 9.97 Å². The summed E-state index contributed by atoms with van der Waals surface area (Å²) in [5, 5.41) is 5.96. The Hall–Kier alpha value is -2.12. The zero-order valence-electron chi connectivity index (χ0n) is 11.7. The fourth-order valence-corrected chi connectivity index (χ4v) is 3.36. The van der Waals surface area contributed by atoms with Crippen molar-refractivity contribution in [2.75, 3.05) is 5.32 Å². The van der Waals surface area contributed by atoms with E-state index in [1.165, 1.54) is 34.8 Å². The van der Waals surface area contributed by atoms with Crippen molar-refractivity contribution in [2.45, 2.75) is 13.3 Å². The van der Waals surface area contributed by atoms with Gasteiger partial charge in [-0.15, -0.1) is 22.7 Å². The molecule has 0 fully saturated rings. The molecule has 0 bridgehead atoms. The van der Waals surface area contributed by atoms with Gasteiger partial charge in [0.1, 0.15) is 10.8 Å². The van der Waals surface area contributed by atoms with Crippen LogP contribution >= 0.6 is 22.7 Å². The van der Waals surface area contributed by atoms with Gasteiger partial charge in [0.25, 0.3) is 0 Å². The van der Waals surface area contributed by atoms with Crippen molar-refractivity contribution in [3.05, 3.63) is 52.2 Å². The number of rotatable bonds is 4. The number of amides is 1. The van der Waals surface area contributed by atoms with Gasteiger partial charge in [0.05, 0.1) is 12.1 Å². The van der Waals surface area contributed by atoms with Crippen LogP contribution in [0.2, 0.25) is 0 Å². The van der Waals surface area contributed by atoms with Crippen LogP contribution in [0.4, 0.5) is 9.52 Å². The number of hydrogen-bond acceptors (Lipinski definition) is 5. The molecule has 3 rings (SSSR count). The third-order valence-electron chi connectivity index (χ3n) is 2.85. The highest BCUT2D eigenvalue weighted by atomic mass is 32.1. The lowest BCUT2D eigenvalue weighted by Crippen LogP contribution is -2.14. The molecule has 1 aromatic carbocycles. The van der Waals surface area contributed by atoms with Gasteiger partial charge in [0.15, 0.2) is 5.13 Å². The molecule has 2 heterocycles. The van der Waals surface area contributed by atoms with E-state index in [2.05, 4.69) is 15.3 Å². The molecule has 0 saturated carbocycles. The molecule has 0 atom stereocenters. The summed E-state index contributed by atoms with van der Waals surface area (Å²) in [6.07, 6.45) is 1.91. The summed E-state index contributed by atoms with van der Waals surface area (Å²) in [5.41, 5.74) is 1.53. The minimum atomic E-state index is -0.279. The van der Waals surface area contributed by atoms with Gasteiger partial charge in [0, 0.05) is 22.0 Å². The number of anilines is 1. The average molecular weight is 333 g/mol. The molecule has 0 aliphatic carbocycles. The molecule has 0 unspecified atom stereocenters. The molecule has 1 N–H and O–H groups in total. The van der Waals surface area contributed by atoms with E-state index in [9.17, 15) is 9.18 Å². The van der Waals surface area contributed by atoms with E-state index < -0.39 is 0 Å². The predicted molar refractivity (Wildman–Crippen MR) is 86.7 cm³/mol. The van der Waals surface area contributed by atoms with Crippen LogP contribution in [-0.4, -0.2) is 15.9 Å². The molecule has 112 valence electrons. The minimum absolute atomic E-state index is 0.148. The Kier molecular flexibility index (Phi) is 4.26. The SMILES string of the molecule is Cc1cnc(NC(=O)Cc2csc(-c3ccc(F)cc3)n2)s1. The molecule has 4 nitrogen and oxygen atoms in total. The van der Waals surface area contributed by atoms with Crippen molar-refractivity contribution >= 4 is 33.7 Å². The first kappa shape index (κ1) is 14.8. The number of carbonyl (C=O) groups is 1. The van der Waals surface area contributed by atoms with Gasteiger partial charge in [-0.05, 0) is 31.2 Å². The zero-order chi connectivity index (χ0) is 15.5. The highest BCUT2D eigenvalue weighted by Crippen LogP contribution is 2.24. The first-order chi connectivity index (χ1) is 10.6. The molecule has 2 aromatic heterocycles. The monoisotopic (exact) mass is 333 g/mol. The second-order valence-corrected chi connectivity index (χ2v) is 6.74. The maximum atomic E-state index is 12.9. The molecule has 0 radical (unpaired) electrons. The summed E-state index contributed by atoms with van der Waals surface area (Å²) >= 11 is 2.87. The van der Waals surface area contributed by atoms with Gasteiger partial charge in [-0.25, -0.2) is 14.4 Å². The fourth-order valence-electron chi connectivity index (χ4n) is 1.85. The molecule has 22 heavy (non-hydrogen) atoms. The van der Waals surface area contributed by atoms with Crippen molar-refractivity contribution in [1.29, 1.82) is 0 Å². The molecular formula is C15H12FN3OS2. The number of aromatic nitrogens is 2. The second-order valence-electron chi connectivity index (χ2n) is 4.65. The lowest BCUT2D eigenvalue weighted by Gasteiger charge is -1.99. The van der Waals surface area contributed by atoms with Crippen LogP contribution in [0, 0.1) is 12.7 Å². The van der Waals surface area contributed by atoms with E-state index in [4.69, 9.17) is 0 Å². The maximum absolute atomic E-state index is 12.9. The number of nitrogens with one attached hydrogen (secondary N) is 1. The van der Waals surface area contributed by atoms with Crippen molar-refractivity contribution in [2.24, 2.45) is 0 Å². The Morgan fingerprint density at radius 1 is 1.32 bits per heavy atom. The summed E-state index contributed by atoms with van der Waals surface area (Å²) in [6, 6.07) is 6.15. The predicted octanol–water partition coefficient (Wildman–Crippen LogP) is 3.90. The Morgan fingerprint density at radius 2 is 2.09 bits per heavy atom. The highest BCUT2D eigenvalue weighted by Gasteiger charge is 2.10. The van der Waals surface area contributed by atoms with Crippen molar-refractivity contribution < 1.29 is 9.18 Å². The van der Waals surface area contributed by atoms with E-state index in [1.54, 1.807) is 18.3 Å². The molecular weight excluding hydrogens is 321 g/mol. The van der Waals surface area contributed by atoms with Crippen molar-refractivity contribution in [3.8, 4) is 10.6 Å². The summed E-state index contributed by atoms with van der Waals surface area (Å²) in [6.45, 7) is 1.93. The largest absolute Gasteiger partial charge is 0.302 e. The normalized spacial score (nSPS) is 10.6. The lowest BCUT2D eigenvalue weighted by atomic mass is 10.2. The van der Waals surface area contributed by atoms with Gasteiger partial charge in [-0.2, -0.15) is 0 Å². The molecule has 3 aromatic rings. The van der Waals surface area contributed by atoms with Gasteiger partial charge >= 0.3 is 0 Å². The number of hydrogen-bond donors (Lipinski definition) is 1. The van der Waals surface area contributed by atoms with Gasteiger partial charge in [-0.1, -0.05) is 0 Å². The van der Waals surface area contributed by atoms with E-state index in [-0.39, 0.29) is 18.1 Å². The Balaban J connectivity index is 1.66. The number of nitrogens with zero attached hydrogens (tertiary/aromatic N) is 2. The van der Waals surface area contributed by atoms with Crippen LogP contribution in [0.25, 0.3) is 10.6 Å². The van der Waals surface area contributed by atoms with Gasteiger partial charge < -0.3 is 5.32 Å². The Labute approximate surface area is 134 Å². The highest BCUT2D eigenvalue weighted by molar-refractivity contribution is 7.15. The van der Waals surface area contributed by atoms with E-state index >= 15 is 0 Å². The van der Waals surface area contributed by atoms with Crippen LogP contribution in [0.3, 0.4) is 0 Å². The van der Waals surface area contributed by atoms with E-state index in [0.717, 1.165) is 15.4 Å². The van der Waals surface area contributed by atoms with Crippen LogP contribution in [0.5, 0.6) is 0 Å². The smallest absolute Gasteiger partial charge is 0.232 e. The fraction of sp³-hybridized carbons (Fsp3) is 0.133. The standard InChI is InChI=1S/C15H12FN3OS2/c1-9-7-17-15(22-9)19-13(20)6-12-8-21-14(18-12)10-2-4-11(16)5-3-10/h2-5,7-8H,6H2,1H3,(H,17,19,20). The maximum Gasteiger partial charge on any atom is 0.232 e. The number of halogens is 1. The van der Waals surface area contributed by atoms with Gasteiger partial charge in [-0.3, -0.25) is 4.79 Å². The molecule has 1 amide bonds. The van der Waals surface area contributed by atoms with Crippen LogP contribution < -0.4 is 5.32 Å². The van der Waals surface area contributed by atoms with Crippen molar-refractivity contribution in [3.63, 3.8) is 0 Å². The number of carbonyl (C=O) groups excluding carboxylic acids is 1. The summed E-state index contributed by atoms with van der Waals surface area (Å²) in [7, 11) is 0. The third kappa shape index (κ3) is 3.55. The van der Waals surface area contributed by atoms with Crippen LogP contribution in [0.1, 0.15) is 10.6 Å². The molecule has 0 aliphatic rings. The Bertz CT molecular complexity index is 795. The van der Waals surface area contributed by atoms with Crippen LogP contribution in [0.15, 0.2) is 35.8 Å². The third-order valence-corrected chi connectivity index (χ3v) is 4.62. The van der Waals surface area contributed by atoms with E-state index in [0.29, 0.717) is 10.8 Å². The quantitative estimate of drug-likeness (QED) is 0.788. The molecule has 7 heteroatoms. The Morgan fingerprint density at radius 3 is 2.77 bits per heavy atom. The lowest BCUT2D eigenvalue weighted by molar-refractivity contribution is -0.115. The summed E-state index contributed by atoms with van der Waals surface area (Å²) in [5.74, 6) is -0.427. The zero-order valence-corrected chi connectivity index (χ0v) is 13.3. The minimum Gasteiger partial charge on any atom is -0.302 e. The first-order valence-electron chi connectivity index (χ1n) is 6.53. The summed E-state index contributed by atoms with van der Waals surface area (Å²) in [4.78, 5) is 21.5. The first-order valence-corrected chi connectivity index (χ1v) is 8.22. The topological polar surface area (TPSA) is 54.9 Å². The summed E-state index contributed by atoms with van der Waals surface area (Å²) < 4.78 is 12.9. The molecule has 0 saturated heterocycles. The van der Waals surface area contributed by atoms with Gasteiger partial charge in [0.2, 0.25) is 5.91 Å². The second kappa shape index (κ2) is 6.33. The molecule has 0 aliphatic heterocycles. The number of aryl methyl sites for hydroxylation is 1. The average Bonchev–Trinajstić information content (AvgIpc) is 3.09. The number of thiazole rings is 2. The number of benzene rings is 1. The van der Waals surface area contributed by atoms with E-state index in [1.807, 2.05) is 12.3 Å². The van der Waals surface area contributed by atoms with Crippen LogP contribution in [-0.2, 0) is 11.2 Å². The molecule has 0 spiro atoms.